The fraction of sp³-hybridized carbons (Fsp3) is 0.192. The Bertz CT molecular complexity index is 1710. The molecule has 0 bridgehead atoms. The van der Waals surface area contributed by atoms with Crippen molar-refractivity contribution in [2.24, 2.45) is 0 Å². The summed E-state index contributed by atoms with van der Waals surface area (Å²) in [5.41, 5.74) is 1.79. The molecule has 0 saturated carbocycles. The van der Waals surface area contributed by atoms with Gasteiger partial charge in [-0.25, -0.2) is 15.0 Å². The lowest BCUT2D eigenvalue weighted by Crippen LogP contribution is -2.29. The van der Waals surface area contributed by atoms with Crippen molar-refractivity contribution in [3.63, 3.8) is 0 Å². The molecule has 194 valence electrons. The van der Waals surface area contributed by atoms with Gasteiger partial charge in [0, 0.05) is 40.3 Å². The molecule has 0 unspecified atom stereocenters. The Labute approximate surface area is 219 Å². The maximum Gasteiger partial charge on any atom is 0.421 e. The number of aryl methyl sites for hydroxylation is 2. The summed E-state index contributed by atoms with van der Waals surface area (Å²) in [6.07, 6.45) is -0.575. The average Bonchev–Trinajstić information content (AvgIpc) is 3.29. The van der Waals surface area contributed by atoms with Crippen LogP contribution in [0.25, 0.3) is 22.2 Å². The van der Waals surface area contributed by atoms with Crippen molar-refractivity contribution >= 4 is 22.5 Å². The summed E-state index contributed by atoms with van der Waals surface area (Å²) in [6, 6.07) is 9.29. The molecule has 4 heterocycles. The van der Waals surface area contributed by atoms with Crippen molar-refractivity contribution in [3.8, 4) is 17.0 Å². The molecule has 4 aromatic heterocycles. The van der Waals surface area contributed by atoms with E-state index in [2.05, 4.69) is 25.1 Å². The van der Waals surface area contributed by atoms with Crippen LogP contribution in [0.2, 0.25) is 5.02 Å². The molecule has 0 atom stereocenters. The Morgan fingerprint density at radius 3 is 2.68 bits per heavy atom. The molecule has 0 aliphatic heterocycles. The number of rotatable bonds is 6. The summed E-state index contributed by atoms with van der Waals surface area (Å²) in [5.74, 6) is 0.476. The topological polar surface area (TPSA) is 98.6 Å². The molecule has 8 nitrogen and oxygen atoms in total. The van der Waals surface area contributed by atoms with Gasteiger partial charge in [0.2, 0.25) is 0 Å². The van der Waals surface area contributed by atoms with E-state index in [0.29, 0.717) is 38.9 Å². The Kier molecular flexibility index (Phi) is 6.62. The summed E-state index contributed by atoms with van der Waals surface area (Å²) < 4.78 is 46.8. The Morgan fingerprint density at radius 1 is 1.13 bits per heavy atom. The SMILES string of the molecule is Cc1cc(-c2n[nH]cc2Cl)c2cccc(OCc3c(C)ncnc3Cn3cccc(C(F)(F)F)c3=O)c2n1. The molecule has 0 radical (unpaired) electrons. The van der Waals surface area contributed by atoms with Gasteiger partial charge in [0.1, 0.15) is 35.5 Å². The maximum absolute atomic E-state index is 13.2. The van der Waals surface area contributed by atoms with Crippen LogP contribution >= 0.6 is 11.6 Å². The van der Waals surface area contributed by atoms with E-state index in [1.165, 1.54) is 18.6 Å². The molecule has 5 aromatic rings. The Hall–Kier alpha value is -4.25. The summed E-state index contributed by atoms with van der Waals surface area (Å²) in [6.45, 7) is 3.41. The second kappa shape index (κ2) is 9.90. The third-order valence-corrected chi connectivity index (χ3v) is 6.34. The van der Waals surface area contributed by atoms with Gasteiger partial charge in [0.15, 0.2) is 0 Å². The molecule has 1 N–H and O–H groups in total. The first kappa shape index (κ1) is 25.4. The highest BCUT2D eigenvalue weighted by Crippen LogP contribution is 2.35. The number of ether oxygens (including phenoxy) is 1. The maximum atomic E-state index is 13.2. The van der Waals surface area contributed by atoms with E-state index in [9.17, 15) is 18.0 Å². The molecular formula is C26H20ClF3N6O2. The smallest absolute Gasteiger partial charge is 0.421 e. The number of halogens is 4. The number of para-hydroxylation sites is 1. The van der Waals surface area contributed by atoms with Crippen LogP contribution < -0.4 is 10.3 Å². The first-order chi connectivity index (χ1) is 18.1. The zero-order valence-electron chi connectivity index (χ0n) is 20.2. The Balaban J connectivity index is 1.50. The van der Waals surface area contributed by atoms with Crippen LogP contribution in [0, 0.1) is 13.8 Å². The quantitative estimate of drug-likeness (QED) is 0.306. The molecule has 0 aliphatic rings. The van der Waals surface area contributed by atoms with Crippen LogP contribution in [0.15, 0.2) is 59.9 Å². The highest BCUT2D eigenvalue weighted by Gasteiger charge is 2.34. The van der Waals surface area contributed by atoms with E-state index < -0.39 is 17.3 Å². The fourth-order valence-corrected chi connectivity index (χ4v) is 4.38. The minimum Gasteiger partial charge on any atom is -0.486 e. The number of nitrogens with zero attached hydrogens (tertiary/aromatic N) is 5. The zero-order valence-corrected chi connectivity index (χ0v) is 20.9. The second-order valence-electron chi connectivity index (χ2n) is 8.57. The van der Waals surface area contributed by atoms with Crippen molar-refractivity contribution in [2.45, 2.75) is 33.2 Å². The van der Waals surface area contributed by atoms with Gasteiger partial charge >= 0.3 is 6.18 Å². The number of pyridine rings is 2. The van der Waals surface area contributed by atoms with Crippen LogP contribution in [0.3, 0.4) is 0 Å². The van der Waals surface area contributed by atoms with Gasteiger partial charge in [-0.05, 0) is 38.1 Å². The highest BCUT2D eigenvalue weighted by molar-refractivity contribution is 6.33. The van der Waals surface area contributed by atoms with Gasteiger partial charge in [-0.1, -0.05) is 23.7 Å². The van der Waals surface area contributed by atoms with E-state index in [-0.39, 0.29) is 13.2 Å². The number of hydrogen-bond acceptors (Lipinski definition) is 6. The fourth-order valence-electron chi connectivity index (χ4n) is 4.19. The number of aromatic nitrogens is 6. The van der Waals surface area contributed by atoms with Gasteiger partial charge in [-0.15, -0.1) is 0 Å². The van der Waals surface area contributed by atoms with Crippen LogP contribution in [0.4, 0.5) is 13.2 Å². The van der Waals surface area contributed by atoms with E-state index in [1.54, 1.807) is 19.2 Å². The summed E-state index contributed by atoms with van der Waals surface area (Å²) in [5, 5.41) is 8.25. The van der Waals surface area contributed by atoms with Crippen LogP contribution in [-0.2, 0) is 19.3 Å². The first-order valence-electron chi connectivity index (χ1n) is 11.4. The number of benzene rings is 1. The Morgan fingerprint density at radius 2 is 1.95 bits per heavy atom. The molecule has 0 spiro atoms. The number of H-pyrrole nitrogens is 1. The lowest BCUT2D eigenvalue weighted by atomic mass is 10.0. The number of aromatic amines is 1. The third-order valence-electron chi connectivity index (χ3n) is 6.05. The second-order valence-corrected chi connectivity index (χ2v) is 8.98. The van der Waals surface area contributed by atoms with Crippen molar-refractivity contribution in [3.05, 3.63) is 98.7 Å². The largest absolute Gasteiger partial charge is 0.486 e. The van der Waals surface area contributed by atoms with Gasteiger partial charge in [-0.3, -0.25) is 9.89 Å². The molecule has 12 heteroatoms. The number of hydrogen-bond donors (Lipinski definition) is 1. The highest BCUT2D eigenvalue weighted by atomic mass is 35.5. The zero-order chi connectivity index (χ0) is 27.0. The molecular weight excluding hydrogens is 521 g/mol. The van der Waals surface area contributed by atoms with Crippen LogP contribution in [0.5, 0.6) is 5.75 Å². The summed E-state index contributed by atoms with van der Waals surface area (Å²) in [7, 11) is 0. The van der Waals surface area contributed by atoms with Gasteiger partial charge in [-0.2, -0.15) is 18.3 Å². The number of fused-ring (bicyclic) bond motifs is 1. The predicted octanol–water partition coefficient (Wildman–Crippen LogP) is 5.49. The monoisotopic (exact) mass is 540 g/mol. The third kappa shape index (κ3) is 4.84. The van der Waals surface area contributed by atoms with Gasteiger partial charge in [0.25, 0.3) is 5.56 Å². The minimum atomic E-state index is -4.76. The number of nitrogens with one attached hydrogen (secondary N) is 1. The van der Waals surface area contributed by atoms with Crippen molar-refractivity contribution < 1.29 is 17.9 Å². The van der Waals surface area contributed by atoms with E-state index in [4.69, 9.17) is 16.3 Å². The van der Waals surface area contributed by atoms with E-state index in [0.717, 1.165) is 27.3 Å². The van der Waals surface area contributed by atoms with Crippen molar-refractivity contribution in [2.75, 3.05) is 0 Å². The number of alkyl halides is 3. The molecule has 0 fully saturated rings. The molecule has 0 saturated heterocycles. The van der Waals surface area contributed by atoms with Crippen molar-refractivity contribution in [1.82, 2.24) is 29.7 Å². The lowest BCUT2D eigenvalue weighted by Gasteiger charge is -2.16. The predicted molar refractivity (Wildman–Crippen MR) is 135 cm³/mol. The molecule has 5 rings (SSSR count). The van der Waals surface area contributed by atoms with Crippen LogP contribution in [-0.4, -0.2) is 29.7 Å². The van der Waals surface area contributed by atoms with E-state index in [1.807, 2.05) is 25.1 Å². The first-order valence-corrected chi connectivity index (χ1v) is 11.8. The van der Waals surface area contributed by atoms with Crippen molar-refractivity contribution in [1.29, 1.82) is 0 Å². The van der Waals surface area contributed by atoms with Gasteiger partial charge < -0.3 is 9.30 Å². The molecule has 0 aliphatic carbocycles. The normalized spacial score (nSPS) is 11.7. The minimum absolute atomic E-state index is 0.00292. The molecule has 38 heavy (non-hydrogen) atoms. The molecule has 0 amide bonds. The average molecular weight is 541 g/mol. The standard InChI is InChI=1S/C26H20ClF3N6O2/c1-14-9-17(23-20(27)10-33-35-23)16-5-3-7-22(24(16)34-14)38-12-18-15(2)31-13-32-21(18)11-36-8-4-6-19(25(36)37)26(28,29)30/h3-10,13H,11-12H2,1-2H3,(H,33,35). The summed E-state index contributed by atoms with van der Waals surface area (Å²) >= 11 is 6.31. The molecule has 1 aromatic carbocycles. The van der Waals surface area contributed by atoms with E-state index >= 15 is 0 Å². The lowest BCUT2D eigenvalue weighted by molar-refractivity contribution is -0.138. The van der Waals surface area contributed by atoms with Gasteiger partial charge in [0.05, 0.1) is 17.3 Å². The summed E-state index contributed by atoms with van der Waals surface area (Å²) in [4.78, 5) is 25.6. The van der Waals surface area contributed by atoms with Crippen LogP contribution in [0.1, 0.15) is 28.2 Å².